The van der Waals surface area contributed by atoms with Crippen molar-refractivity contribution in [1.29, 1.82) is 0 Å². The Labute approximate surface area is 171 Å². The number of halogens is 2. The number of hydrogen-bond acceptors (Lipinski definition) is 6. The standard InChI is InChI=1S/C16H17Cl2N3O4S2/c1-3-21(4-2)14(22)9-26-16-19-8-13(15(23)20-16)27(24,25)10-5-6-11(17)12(18)7-10/h5-8H,3-4,9H2,1-2H3,(H,19,20,23). The number of amides is 1. The van der Waals surface area contributed by atoms with Crippen molar-refractivity contribution < 1.29 is 13.2 Å². The zero-order valence-electron chi connectivity index (χ0n) is 14.5. The number of benzene rings is 1. The molecule has 0 saturated carbocycles. The smallest absolute Gasteiger partial charge is 0.270 e. The van der Waals surface area contributed by atoms with Crippen LogP contribution >= 0.6 is 35.0 Å². The van der Waals surface area contributed by atoms with Gasteiger partial charge in [0.1, 0.15) is 0 Å². The Morgan fingerprint density at radius 1 is 1.22 bits per heavy atom. The second kappa shape index (κ2) is 9.09. The molecule has 0 bridgehead atoms. The van der Waals surface area contributed by atoms with E-state index in [0.29, 0.717) is 13.1 Å². The molecule has 146 valence electrons. The van der Waals surface area contributed by atoms with Crippen molar-refractivity contribution in [2.45, 2.75) is 28.8 Å². The first-order chi connectivity index (χ1) is 12.7. The summed E-state index contributed by atoms with van der Waals surface area (Å²) in [7, 11) is -4.11. The van der Waals surface area contributed by atoms with E-state index in [1.807, 2.05) is 13.8 Å². The van der Waals surface area contributed by atoms with Crippen LogP contribution in [0.25, 0.3) is 0 Å². The number of nitrogens with zero attached hydrogens (tertiary/aromatic N) is 2. The largest absolute Gasteiger partial charge is 0.343 e. The molecule has 1 N–H and O–H groups in total. The molecule has 0 atom stereocenters. The molecule has 2 aromatic rings. The highest BCUT2D eigenvalue weighted by Crippen LogP contribution is 2.27. The molecule has 0 unspecified atom stereocenters. The van der Waals surface area contributed by atoms with Gasteiger partial charge in [0.2, 0.25) is 15.7 Å². The van der Waals surface area contributed by atoms with Crippen molar-refractivity contribution in [3.8, 4) is 0 Å². The number of thioether (sulfide) groups is 1. The van der Waals surface area contributed by atoms with E-state index in [9.17, 15) is 18.0 Å². The van der Waals surface area contributed by atoms with Crippen molar-refractivity contribution in [1.82, 2.24) is 14.9 Å². The van der Waals surface area contributed by atoms with Crippen LogP contribution in [0.3, 0.4) is 0 Å². The maximum absolute atomic E-state index is 12.6. The average Bonchev–Trinajstić information content (AvgIpc) is 2.63. The number of carbonyl (C=O) groups is 1. The minimum absolute atomic E-state index is 0.0595. The first-order valence-corrected chi connectivity index (χ1v) is 11.1. The van der Waals surface area contributed by atoms with Gasteiger partial charge in [0.25, 0.3) is 5.56 Å². The summed E-state index contributed by atoms with van der Waals surface area (Å²) in [6.07, 6.45) is 0.973. The van der Waals surface area contributed by atoms with Crippen LogP contribution in [0.4, 0.5) is 0 Å². The minimum Gasteiger partial charge on any atom is -0.343 e. The quantitative estimate of drug-likeness (QED) is 0.515. The van der Waals surface area contributed by atoms with Crippen molar-refractivity contribution in [3.63, 3.8) is 0 Å². The highest BCUT2D eigenvalue weighted by Gasteiger charge is 2.23. The van der Waals surface area contributed by atoms with Crippen molar-refractivity contribution in [2.75, 3.05) is 18.8 Å². The van der Waals surface area contributed by atoms with Gasteiger partial charge in [-0.3, -0.25) is 9.59 Å². The summed E-state index contributed by atoms with van der Waals surface area (Å²) in [5.74, 6) is -0.0103. The molecule has 0 aliphatic rings. The van der Waals surface area contributed by atoms with Crippen LogP contribution < -0.4 is 5.56 Å². The van der Waals surface area contributed by atoms with Gasteiger partial charge in [-0.2, -0.15) is 0 Å². The molecular formula is C16H17Cl2N3O4S2. The Hall–Kier alpha value is -1.55. The van der Waals surface area contributed by atoms with Gasteiger partial charge in [-0.1, -0.05) is 35.0 Å². The number of H-pyrrole nitrogens is 1. The van der Waals surface area contributed by atoms with Gasteiger partial charge in [0.15, 0.2) is 10.1 Å². The van der Waals surface area contributed by atoms with E-state index in [2.05, 4.69) is 9.97 Å². The summed E-state index contributed by atoms with van der Waals surface area (Å²) in [6, 6.07) is 3.76. The third kappa shape index (κ3) is 5.04. The fraction of sp³-hybridized carbons (Fsp3) is 0.312. The van der Waals surface area contributed by atoms with Gasteiger partial charge in [0.05, 0.1) is 26.9 Å². The summed E-state index contributed by atoms with van der Waals surface area (Å²) in [5, 5.41) is 0.421. The topological polar surface area (TPSA) is 100 Å². The van der Waals surface area contributed by atoms with Gasteiger partial charge in [-0.15, -0.1) is 0 Å². The molecule has 0 fully saturated rings. The number of rotatable bonds is 7. The normalized spacial score (nSPS) is 11.4. The number of nitrogens with one attached hydrogen (secondary N) is 1. The van der Waals surface area contributed by atoms with E-state index >= 15 is 0 Å². The van der Waals surface area contributed by atoms with Crippen LogP contribution in [0.2, 0.25) is 10.0 Å². The fourth-order valence-electron chi connectivity index (χ4n) is 2.20. The molecule has 1 heterocycles. The third-order valence-electron chi connectivity index (χ3n) is 3.68. The fourth-order valence-corrected chi connectivity index (χ4v) is 4.56. The highest BCUT2D eigenvalue weighted by atomic mass is 35.5. The second-order valence-corrected chi connectivity index (χ2v) is 9.01. The number of aromatic amines is 1. The zero-order valence-corrected chi connectivity index (χ0v) is 17.7. The summed E-state index contributed by atoms with van der Waals surface area (Å²) < 4.78 is 25.3. The van der Waals surface area contributed by atoms with Crippen LogP contribution in [0.1, 0.15) is 13.8 Å². The Bertz CT molecular complexity index is 1000. The number of carbonyl (C=O) groups excluding carboxylic acids is 1. The summed E-state index contributed by atoms with van der Waals surface area (Å²) >= 11 is 12.7. The lowest BCUT2D eigenvalue weighted by molar-refractivity contribution is -0.127. The Kier molecular flexibility index (Phi) is 7.32. The Morgan fingerprint density at radius 2 is 1.89 bits per heavy atom. The van der Waals surface area contributed by atoms with E-state index in [4.69, 9.17) is 23.2 Å². The highest BCUT2D eigenvalue weighted by molar-refractivity contribution is 7.99. The van der Waals surface area contributed by atoms with Crippen LogP contribution in [-0.4, -0.2) is 48.0 Å². The van der Waals surface area contributed by atoms with Crippen LogP contribution in [0.15, 0.2) is 44.1 Å². The molecule has 2 rings (SSSR count). The predicted molar refractivity (Wildman–Crippen MR) is 105 cm³/mol. The van der Waals surface area contributed by atoms with E-state index in [1.54, 1.807) is 4.90 Å². The van der Waals surface area contributed by atoms with Crippen LogP contribution in [-0.2, 0) is 14.6 Å². The van der Waals surface area contributed by atoms with Gasteiger partial charge in [0, 0.05) is 13.1 Å². The Morgan fingerprint density at radius 3 is 2.44 bits per heavy atom. The molecule has 1 aromatic carbocycles. The molecule has 0 aliphatic carbocycles. The van der Waals surface area contributed by atoms with E-state index in [0.717, 1.165) is 18.0 Å². The lowest BCUT2D eigenvalue weighted by atomic mass is 10.4. The number of sulfone groups is 1. The van der Waals surface area contributed by atoms with E-state index in [1.165, 1.54) is 18.2 Å². The maximum Gasteiger partial charge on any atom is 0.270 e. The molecule has 1 amide bonds. The van der Waals surface area contributed by atoms with E-state index < -0.39 is 20.3 Å². The minimum atomic E-state index is -4.11. The van der Waals surface area contributed by atoms with Crippen LogP contribution in [0, 0.1) is 0 Å². The summed E-state index contributed by atoms with van der Waals surface area (Å²) in [4.78, 5) is 31.6. The van der Waals surface area contributed by atoms with Gasteiger partial charge >= 0.3 is 0 Å². The van der Waals surface area contributed by atoms with Crippen LogP contribution in [0.5, 0.6) is 0 Å². The first kappa shape index (κ1) is 21.7. The lowest BCUT2D eigenvalue weighted by Crippen LogP contribution is -2.32. The predicted octanol–water partition coefficient (Wildman–Crippen LogP) is 2.87. The van der Waals surface area contributed by atoms with Gasteiger partial charge < -0.3 is 9.88 Å². The molecule has 0 spiro atoms. The molecule has 0 radical (unpaired) electrons. The third-order valence-corrected chi connectivity index (χ3v) is 7.04. The van der Waals surface area contributed by atoms with Crippen molar-refractivity contribution in [2.24, 2.45) is 0 Å². The monoisotopic (exact) mass is 449 g/mol. The summed E-state index contributed by atoms with van der Waals surface area (Å²) in [6.45, 7) is 4.91. The molecule has 0 aliphatic heterocycles. The van der Waals surface area contributed by atoms with Crippen molar-refractivity contribution >= 4 is 50.7 Å². The Balaban J connectivity index is 2.24. The molecule has 0 saturated heterocycles. The molecule has 27 heavy (non-hydrogen) atoms. The maximum atomic E-state index is 12.6. The molecule has 7 nitrogen and oxygen atoms in total. The molecular weight excluding hydrogens is 433 g/mol. The molecule has 11 heteroatoms. The zero-order chi connectivity index (χ0) is 20.2. The lowest BCUT2D eigenvalue weighted by Gasteiger charge is -2.17. The SMILES string of the molecule is CCN(CC)C(=O)CSc1ncc(S(=O)(=O)c2ccc(Cl)c(Cl)c2)c(=O)[nH]1. The van der Waals surface area contributed by atoms with Gasteiger partial charge in [-0.25, -0.2) is 13.4 Å². The first-order valence-electron chi connectivity index (χ1n) is 7.90. The summed E-state index contributed by atoms with van der Waals surface area (Å²) in [5.41, 5.74) is -0.825. The average molecular weight is 450 g/mol. The van der Waals surface area contributed by atoms with Crippen molar-refractivity contribution in [3.05, 3.63) is 44.8 Å². The second-order valence-electron chi connectivity index (χ2n) is 5.32. The number of aromatic nitrogens is 2. The number of hydrogen-bond donors (Lipinski definition) is 1. The van der Waals surface area contributed by atoms with Gasteiger partial charge in [-0.05, 0) is 32.0 Å². The van der Waals surface area contributed by atoms with E-state index in [-0.39, 0.29) is 31.8 Å². The molecule has 1 aromatic heterocycles.